The van der Waals surface area contributed by atoms with Crippen LogP contribution in [0.5, 0.6) is 0 Å². The maximum atomic E-state index is 12.4. The summed E-state index contributed by atoms with van der Waals surface area (Å²) in [4.78, 5) is 37.4. The number of nitrogens with zero attached hydrogens (tertiary/aromatic N) is 1. The van der Waals surface area contributed by atoms with Crippen molar-refractivity contribution in [3.63, 3.8) is 0 Å². The normalized spacial score (nSPS) is 17.0. The van der Waals surface area contributed by atoms with Crippen molar-refractivity contribution in [1.29, 1.82) is 0 Å². The average Bonchev–Trinajstić information content (AvgIpc) is 2.95. The summed E-state index contributed by atoms with van der Waals surface area (Å²) in [7, 11) is 2.83. The number of carbonyl (C=O) groups excluding carboxylic acids is 3. The Balaban J connectivity index is 2.05. The van der Waals surface area contributed by atoms with Gasteiger partial charge < -0.3 is 19.7 Å². The van der Waals surface area contributed by atoms with Gasteiger partial charge in [0.05, 0.1) is 35.9 Å². The third-order valence-corrected chi connectivity index (χ3v) is 4.13. The lowest BCUT2D eigenvalue weighted by molar-refractivity contribution is -0.128. The maximum Gasteiger partial charge on any atom is 0.337 e. The second-order valence-electron chi connectivity index (χ2n) is 5.41. The number of hydrogen-bond acceptors (Lipinski definition) is 5. The highest BCUT2D eigenvalue weighted by molar-refractivity contribution is 6.33. The summed E-state index contributed by atoms with van der Waals surface area (Å²) in [5.74, 6) is -1.38. The molecule has 7 nitrogen and oxygen atoms in total. The van der Waals surface area contributed by atoms with E-state index in [1.165, 1.54) is 25.3 Å². The number of hydrogen-bond donors (Lipinski definition) is 1. The Bertz CT molecular complexity index is 649. The Kier molecular flexibility index (Phi) is 6.16. The van der Waals surface area contributed by atoms with Crippen molar-refractivity contribution >= 4 is 35.1 Å². The van der Waals surface area contributed by atoms with Gasteiger partial charge in [-0.3, -0.25) is 9.59 Å². The monoisotopic (exact) mass is 354 g/mol. The van der Waals surface area contributed by atoms with Crippen molar-refractivity contribution in [2.75, 3.05) is 39.2 Å². The van der Waals surface area contributed by atoms with E-state index in [1.54, 1.807) is 12.0 Å². The van der Waals surface area contributed by atoms with Crippen molar-refractivity contribution in [3.8, 4) is 0 Å². The first kappa shape index (κ1) is 18.2. The minimum atomic E-state index is -0.524. The molecule has 8 heteroatoms. The highest BCUT2D eigenvalue weighted by Crippen LogP contribution is 2.26. The second-order valence-corrected chi connectivity index (χ2v) is 5.82. The topological polar surface area (TPSA) is 84.9 Å². The summed E-state index contributed by atoms with van der Waals surface area (Å²) in [5, 5.41) is 2.98. The molecule has 0 saturated carbocycles. The van der Waals surface area contributed by atoms with Gasteiger partial charge in [-0.25, -0.2) is 4.79 Å². The summed E-state index contributed by atoms with van der Waals surface area (Å²) in [5.41, 5.74) is 0.591. The van der Waals surface area contributed by atoms with Crippen LogP contribution in [-0.2, 0) is 19.1 Å². The molecule has 1 heterocycles. The Morgan fingerprint density at radius 2 is 2.12 bits per heavy atom. The van der Waals surface area contributed by atoms with Crippen LogP contribution in [0.3, 0.4) is 0 Å². The van der Waals surface area contributed by atoms with Crippen LogP contribution < -0.4 is 5.32 Å². The number of esters is 1. The van der Waals surface area contributed by atoms with Crippen molar-refractivity contribution in [1.82, 2.24) is 4.90 Å². The molecule has 1 fully saturated rings. The third kappa shape index (κ3) is 4.24. The quantitative estimate of drug-likeness (QED) is 0.784. The van der Waals surface area contributed by atoms with Crippen molar-refractivity contribution in [2.45, 2.75) is 6.42 Å². The van der Waals surface area contributed by atoms with Gasteiger partial charge in [0.15, 0.2) is 0 Å². The fourth-order valence-corrected chi connectivity index (χ4v) is 2.63. The molecule has 1 aliphatic heterocycles. The van der Waals surface area contributed by atoms with Crippen molar-refractivity contribution in [3.05, 3.63) is 28.8 Å². The summed E-state index contributed by atoms with van der Waals surface area (Å²) in [6, 6.07) is 4.47. The van der Waals surface area contributed by atoms with E-state index in [2.05, 4.69) is 10.1 Å². The number of halogens is 1. The minimum Gasteiger partial charge on any atom is -0.465 e. The van der Waals surface area contributed by atoms with Crippen LogP contribution in [0.4, 0.5) is 5.69 Å². The van der Waals surface area contributed by atoms with E-state index in [0.717, 1.165) is 0 Å². The van der Waals surface area contributed by atoms with Gasteiger partial charge in [0.25, 0.3) is 0 Å². The second kappa shape index (κ2) is 8.12. The molecule has 1 unspecified atom stereocenters. The van der Waals surface area contributed by atoms with Gasteiger partial charge in [-0.2, -0.15) is 0 Å². The molecule has 0 aromatic heterocycles. The number of rotatable bonds is 6. The summed E-state index contributed by atoms with van der Waals surface area (Å²) < 4.78 is 9.59. The molecule has 2 rings (SSSR count). The molecule has 1 atom stereocenters. The van der Waals surface area contributed by atoms with E-state index in [9.17, 15) is 14.4 Å². The molecule has 130 valence electrons. The van der Waals surface area contributed by atoms with Gasteiger partial charge in [0.2, 0.25) is 11.8 Å². The standard InChI is InChI=1S/C16H19ClN2O5/c1-23-6-5-19-9-11(8-14(19)20)15(21)18-13-7-10(16(22)24-2)3-4-12(13)17/h3-4,7,11H,5-6,8-9H2,1-2H3,(H,18,21). The molecule has 0 bridgehead atoms. The van der Waals surface area contributed by atoms with Gasteiger partial charge in [-0.1, -0.05) is 11.6 Å². The molecule has 1 aliphatic rings. The lowest BCUT2D eigenvalue weighted by atomic mass is 10.1. The Labute approximate surface area is 144 Å². The smallest absolute Gasteiger partial charge is 0.337 e. The SMILES string of the molecule is COCCN1CC(C(=O)Nc2cc(C(=O)OC)ccc2Cl)CC1=O. The van der Waals surface area contributed by atoms with Gasteiger partial charge in [0, 0.05) is 26.6 Å². The molecule has 0 radical (unpaired) electrons. The van der Waals surface area contributed by atoms with Crippen LogP contribution in [0.1, 0.15) is 16.8 Å². The number of carbonyl (C=O) groups is 3. The van der Waals surface area contributed by atoms with Gasteiger partial charge in [0.1, 0.15) is 0 Å². The van der Waals surface area contributed by atoms with Crippen LogP contribution >= 0.6 is 11.6 Å². The number of amides is 2. The number of nitrogens with one attached hydrogen (secondary N) is 1. The van der Waals surface area contributed by atoms with Crippen LogP contribution in [0, 0.1) is 5.92 Å². The first-order valence-electron chi connectivity index (χ1n) is 7.41. The zero-order valence-corrected chi connectivity index (χ0v) is 14.3. The molecular formula is C16H19ClN2O5. The summed E-state index contributed by atoms with van der Waals surface area (Å²) in [6.45, 7) is 1.22. The first-order valence-corrected chi connectivity index (χ1v) is 7.79. The Morgan fingerprint density at radius 1 is 1.38 bits per heavy atom. The number of methoxy groups -OCH3 is 2. The van der Waals surface area contributed by atoms with E-state index in [0.29, 0.717) is 30.4 Å². The average molecular weight is 355 g/mol. The van der Waals surface area contributed by atoms with E-state index in [1.807, 2.05) is 0 Å². The van der Waals surface area contributed by atoms with Crippen LogP contribution in [-0.4, -0.2) is 56.6 Å². The largest absolute Gasteiger partial charge is 0.465 e. The first-order chi connectivity index (χ1) is 11.5. The molecule has 1 aromatic carbocycles. The van der Waals surface area contributed by atoms with Gasteiger partial charge in [-0.15, -0.1) is 0 Å². The molecule has 1 saturated heterocycles. The minimum absolute atomic E-state index is 0.0818. The Morgan fingerprint density at radius 3 is 2.79 bits per heavy atom. The fourth-order valence-electron chi connectivity index (χ4n) is 2.47. The fraction of sp³-hybridized carbons (Fsp3) is 0.438. The number of ether oxygens (including phenoxy) is 2. The van der Waals surface area contributed by atoms with E-state index in [-0.39, 0.29) is 23.8 Å². The maximum absolute atomic E-state index is 12.4. The van der Waals surface area contributed by atoms with Crippen LogP contribution in [0.2, 0.25) is 5.02 Å². The molecule has 0 aliphatic carbocycles. The van der Waals surface area contributed by atoms with Gasteiger partial charge in [-0.05, 0) is 18.2 Å². The summed E-state index contributed by atoms with van der Waals surface area (Å²) >= 11 is 6.06. The molecule has 1 N–H and O–H groups in total. The van der Waals surface area contributed by atoms with Crippen molar-refractivity contribution < 1.29 is 23.9 Å². The van der Waals surface area contributed by atoms with Crippen LogP contribution in [0.25, 0.3) is 0 Å². The summed E-state index contributed by atoms with van der Waals surface area (Å²) in [6.07, 6.45) is 0.143. The number of likely N-dealkylation sites (tertiary alicyclic amines) is 1. The molecule has 24 heavy (non-hydrogen) atoms. The lowest BCUT2D eigenvalue weighted by Gasteiger charge is -2.16. The third-order valence-electron chi connectivity index (χ3n) is 3.80. The number of anilines is 1. The van der Waals surface area contributed by atoms with Crippen molar-refractivity contribution in [2.24, 2.45) is 5.92 Å². The predicted molar refractivity (Wildman–Crippen MR) is 88.0 cm³/mol. The number of benzene rings is 1. The van der Waals surface area contributed by atoms with E-state index >= 15 is 0 Å². The van der Waals surface area contributed by atoms with Gasteiger partial charge >= 0.3 is 5.97 Å². The van der Waals surface area contributed by atoms with E-state index in [4.69, 9.17) is 16.3 Å². The Hall–Kier alpha value is -2.12. The molecule has 1 aromatic rings. The predicted octanol–water partition coefficient (Wildman–Crippen LogP) is 1.56. The molecule has 0 spiro atoms. The molecular weight excluding hydrogens is 336 g/mol. The zero-order chi connectivity index (χ0) is 17.7. The lowest BCUT2D eigenvalue weighted by Crippen LogP contribution is -2.30. The van der Waals surface area contributed by atoms with Crippen LogP contribution in [0.15, 0.2) is 18.2 Å². The van der Waals surface area contributed by atoms with E-state index < -0.39 is 11.9 Å². The zero-order valence-electron chi connectivity index (χ0n) is 13.5. The molecule has 2 amide bonds. The highest BCUT2D eigenvalue weighted by Gasteiger charge is 2.34. The highest BCUT2D eigenvalue weighted by atomic mass is 35.5.